The molecule has 3 fully saturated rings. The van der Waals surface area contributed by atoms with Crippen LogP contribution in [0.15, 0.2) is 42.5 Å². The van der Waals surface area contributed by atoms with Gasteiger partial charge < -0.3 is 26.6 Å². The minimum absolute atomic E-state index is 0.0429. The first-order valence-corrected chi connectivity index (χ1v) is 14.9. The summed E-state index contributed by atoms with van der Waals surface area (Å²) in [5, 5.41) is 9.72. The van der Waals surface area contributed by atoms with Gasteiger partial charge in [0.2, 0.25) is 5.91 Å². The Kier molecular flexibility index (Phi) is 7.03. The Balaban J connectivity index is 1.24. The second-order valence-corrected chi connectivity index (χ2v) is 12.9. The third-order valence-corrected chi connectivity index (χ3v) is 9.52. The van der Waals surface area contributed by atoms with E-state index in [1.54, 1.807) is 29.2 Å². The van der Waals surface area contributed by atoms with Crippen molar-refractivity contribution in [3.63, 3.8) is 0 Å². The van der Waals surface area contributed by atoms with Gasteiger partial charge in [-0.2, -0.15) is 0 Å². The van der Waals surface area contributed by atoms with Gasteiger partial charge in [-0.1, -0.05) is 31.5 Å². The fourth-order valence-corrected chi connectivity index (χ4v) is 6.76. The predicted octanol–water partition coefficient (Wildman–Crippen LogP) is 4.57. The zero-order valence-electron chi connectivity index (χ0n) is 23.1. The van der Waals surface area contributed by atoms with Crippen molar-refractivity contribution in [2.45, 2.75) is 70.0 Å². The molecule has 1 heterocycles. The molecule has 8 nitrogen and oxygen atoms in total. The Morgan fingerprint density at radius 2 is 1.60 bits per heavy atom. The van der Waals surface area contributed by atoms with E-state index in [2.05, 4.69) is 29.8 Å². The number of carbonyl (C=O) groups excluding carboxylic acids is 3. The molecule has 2 aromatic carbocycles. The van der Waals surface area contributed by atoms with Crippen LogP contribution in [-0.4, -0.2) is 46.9 Å². The first kappa shape index (κ1) is 27.1. The standard InChI is InChI=1S/C31H38ClN5O3/c1-17(2)25-16-37(30(40)36-25)31(29(39)35-23-11-8-22(32)9-12-23)14-20-7-10-24(13-21(20)15-31)34-28(38)27(33)26(18-3-4-18)19-5-6-19/h7-13,17-19,25-27H,3-6,14-16,33H2,1-2H3,(H,34,38)(H,35,39)(H,36,40)/t25-,27-,31?/m0/s1. The lowest BCUT2D eigenvalue weighted by Gasteiger charge is -2.36. The molecule has 2 aromatic rings. The quantitative estimate of drug-likeness (QED) is 0.357. The Bertz CT molecular complexity index is 1310. The van der Waals surface area contributed by atoms with Gasteiger partial charge in [-0.15, -0.1) is 0 Å². The van der Waals surface area contributed by atoms with E-state index in [0.29, 0.717) is 47.6 Å². The minimum Gasteiger partial charge on any atom is -0.333 e. The molecule has 5 N–H and O–H groups in total. The number of urea groups is 1. The van der Waals surface area contributed by atoms with Crippen molar-refractivity contribution in [3.05, 3.63) is 58.6 Å². The van der Waals surface area contributed by atoms with Crippen LogP contribution in [0.2, 0.25) is 5.02 Å². The van der Waals surface area contributed by atoms with Crippen molar-refractivity contribution in [1.82, 2.24) is 10.2 Å². The van der Waals surface area contributed by atoms with Crippen molar-refractivity contribution in [2.75, 3.05) is 17.2 Å². The van der Waals surface area contributed by atoms with E-state index in [1.165, 1.54) is 25.7 Å². The Hall–Kier alpha value is -3.10. The number of halogens is 1. The number of benzene rings is 2. The van der Waals surface area contributed by atoms with Gasteiger partial charge in [-0.3, -0.25) is 9.59 Å². The number of fused-ring (bicyclic) bond motifs is 1. The molecule has 4 aliphatic rings. The van der Waals surface area contributed by atoms with E-state index in [9.17, 15) is 14.4 Å². The molecule has 3 atom stereocenters. The smallest absolute Gasteiger partial charge is 0.318 e. The number of nitrogens with zero attached hydrogens (tertiary/aromatic N) is 1. The molecule has 1 aliphatic heterocycles. The molecule has 1 saturated heterocycles. The molecule has 40 heavy (non-hydrogen) atoms. The lowest BCUT2D eigenvalue weighted by Crippen LogP contribution is -2.59. The number of amides is 4. The van der Waals surface area contributed by atoms with Gasteiger partial charge in [-0.25, -0.2) is 4.79 Å². The largest absolute Gasteiger partial charge is 0.333 e. The molecule has 3 aliphatic carbocycles. The van der Waals surface area contributed by atoms with Crippen LogP contribution >= 0.6 is 11.6 Å². The van der Waals surface area contributed by atoms with Crippen molar-refractivity contribution >= 4 is 40.8 Å². The van der Waals surface area contributed by atoms with Crippen LogP contribution in [-0.2, 0) is 22.4 Å². The normalized spacial score (nSPS) is 24.7. The molecule has 0 bridgehead atoms. The highest BCUT2D eigenvalue weighted by Gasteiger charge is 2.53. The van der Waals surface area contributed by atoms with Gasteiger partial charge in [0.25, 0.3) is 5.91 Å². The van der Waals surface area contributed by atoms with Crippen LogP contribution in [0.3, 0.4) is 0 Å². The van der Waals surface area contributed by atoms with Gasteiger partial charge in [0.15, 0.2) is 0 Å². The minimum atomic E-state index is -1.10. The second-order valence-electron chi connectivity index (χ2n) is 12.5. The lowest BCUT2D eigenvalue weighted by atomic mass is 9.89. The average Bonchev–Trinajstić information content (AvgIpc) is 3.85. The number of rotatable bonds is 9. The molecule has 212 valence electrons. The fourth-order valence-electron chi connectivity index (χ4n) is 6.63. The third kappa shape index (κ3) is 5.19. The summed E-state index contributed by atoms with van der Waals surface area (Å²) < 4.78 is 0. The van der Waals surface area contributed by atoms with E-state index in [0.717, 1.165) is 11.1 Å². The fraction of sp³-hybridized carbons (Fsp3) is 0.516. The second kappa shape index (κ2) is 10.4. The van der Waals surface area contributed by atoms with Crippen molar-refractivity contribution < 1.29 is 14.4 Å². The molecule has 1 unspecified atom stereocenters. The third-order valence-electron chi connectivity index (χ3n) is 9.27. The molecule has 0 aromatic heterocycles. The van der Waals surface area contributed by atoms with E-state index in [-0.39, 0.29) is 35.7 Å². The summed E-state index contributed by atoms with van der Waals surface area (Å²) in [5.41, 5.74) is 8.60. The van der Waals surface area contributed by atoms with Crippen LogP contribution in [0.1, 0.15) is 50.7 Å². The van der Waals surface area contributed by atoms with Gasteiger partial charge in [0.1, 0.15) is 5.54 Å². The summed E-state index contributed by atoms with van der Waals surface area (Å²) in [6.07, 6.45) is 5.42. The zero-order chi connectivity index (χ0) is 28.2. The maximum absolute atomic E-state index is 14.0. The van der Waals surface area contributed by atoms with Crippen LogP contribution in [0.5, 0.6) is 0 Å². The van der Waals surface area contributed by atoms with Gasteiger partial charge in [0, 0.05) is 35.8 Å². The van der Waals surface area contributed by atoms with Crippen LogP contribution in [0.4, 0.5) is 16.2 Å². The molecule has 6 rings (SSSR count). The number of nitrogens with two attached hydrogens (primary N) is 1. The first-order valence-electron chi connectivity index (χ1n) is 14.5. The van der Waals surface area contributed by atoms with Crippen LogP contribution in [0, 0.1) is 23.7 Å². The Morgan fingerprint density at radius 3 is 2.20 bits per heavy atom. The Labute approximate surface area is 240 Å². The van der Waals surface area contributed by atoms with Crippen molar-refractivity contribution in [2.24, 2.45) is 29.4 Å². The molecule has 9 heteroatoms. The molecule has 4 amide bonds. The topological polar surface area (TPSA) is 117 Å². The molecule has 0 spiro atoms. The summed E-state index contributed by atoms with van der Waals surface area (Å²) in [4.78, 5) is 42.1. The van der Waals surface area contributed by atoms with Crippen molar-refractivity contribution in [3.8, 4) is 0 Å². The highest BCUT2D eigenvalue weighted by molar-refractivity contribution is 6.30. The number of hydrogen-bond acceptors (Lipinski definition) is 4. The van der Waals surface area contributed by atoms with Gasteiger partial charge >= 0.3 is 6.03 Å². The summed E-state index contributed by atoms with van der Waals surface area (Å²) in [6.45, 7) is 4.57. The first-order chi connectivity index (χ1) is 19.1. The highest BCUT2D eigenvalue weighted by atomic mass is 35.5. The molecule has 0 radical (unpaired) electrons. The van der Waals surface area contributed by atoms with E-state index < -0.39 is 11.6 Å². The van der Waals surface area contributed by atoms with Gasteiger partial charge in [-0.05, 0) is 96.9 Å². The van der Waals surface area contributed by atoms with Crippen molar-refractivity contribution in [1.29, 1.82) is 0 Å². The highest BCUT2D eigenvalue weighted by Crippen LogP contribution is 2.50. The molecule has 2 saturated carbocycles. The number of carbonyl (C=O) groups is 3. The molecular formula is C31H38ClN5O3. The number of anilines is 2. The predicted molar refractivity (Wildman–Crippen MR) is 156 cm³/mol. The van der Waals surface area contributed by atoms with Crippen LogP contribution < -0.4 is 21.7 Å². The average molecular weight is 564 g/mol. The van der Waals surface area contributed by atoms with E-state index in [1.807, 2.05) is 18.2 Å². The summed E-state index contributed by atoms with van der Waals surface area (Å²) in [7, 11) is 0. The molecular weight excluding hydrogens is 526 g/mol. The zero-order valence-corrected chi connectivity index (χ0v) is 23.8. The monoisotopic (exact) mass is 563 g/mol. The maximum Gasteiger partial charge on any atom is 0.318 e. The van der Waals surface area contributed by atoms with Crippen LogP contribution in [0.25, 0.3) is 0 Å². The summed E-state index contributed by atoms with van der Waals surface area (Å²) in [5.74, 6) is 1.27. The van der Waals surface area contributed by atoms with E-state index >= 15 is 0 Å². The van der Waals surface area contributed by atoms with Gasteiger partial charge in [0.05, 0.1) is 12.1 Å². The lowest BCUT2D eigenvalue weighted by molar-refractivity contribution is -0.125. The SMILES string of the molecule is CC(C)[C@@H]1CN(C2(C(=O)Nc3ccc(Cl)cc3)Cc3ccc(NC(=O)[C@@H](N)C(C4CC4)C4CC4)cc3C2)C(=O)N1. The Morgan fingerprint density at radius 1 is 0.975 bits per heavy atom. The van der Waals surface area contributed by atoms with E-state index in [4.69, 9.17) is 17.3 Å². The summed E-state index contributed by atoms with van der Waals surface area (Å²) >= 11 is 6.04. The number of nitrogens with one attached hydrogen (secondary N) is 3. The maximum atomic E-state index is 14.0. The summed E-state index contributed by atoms with van der Waals surface area (Å²) in [6, 6.07) is 11.9. The number of hydrogen-bond donors (Lipinski definition) is 4.